The largest absolute Gasteiger partial charge is 0.460 e. The number of esters is 1. The van der Waals surface area contributed by atoms with E-state index in [9.17, 15) is 19.6 Å². The molecule has 0 radical (unpaired) electrons. The van der Waals surface area contributed by atoms with Crippen LogP contribution in [-0.2, 0) is 32.0 Å². The number of halogens is 1. The standard InChI is InChI=1S/C33H41ClN4O4/c1-33(2,3)42-31(40)20-24-19-29-32(41)37(18-16-27(38(29)22-24)13-9-23-7-5-4-6-8-23)28(15-17-35)30(39)14-12-26-11-10-25(34)21-36-26/h4-8,10-11,21,24,27-29H,9,12-16,18-20,22H2,1-3H3/t24-,27?,28+,29-/m0/s1. The number of fused-ring (bicyclic) bond motifs is 1. The minimum atomic E-state index is -0.811. The van der Waals surface area contributed by atoms with Gasteiger partial charge in [-0.2, -0.15) is 5.26 Å². The summed E-state index contributed by atoms with van der Waals surface area (Å²) in [5.74, 6) is -0.543. The van der Waals surface area contributed by atoms with Gasteiger partial charge in [0.25, 0.3) is 0 Å². The van der Waals surface area contributed by atoms with Gasteiger partial charge in [-0.05, 0) is 76.5 Å². The molecule has 3 heterocycles. The number of nitrogens with zero attached hydrogens (tertiary/aromatic N) is 4. The molecule has 2 aliphatic heterocycles. The molecule has 1 unspecified atom stereocenters. The van der Waals surface area contributed by atoms with E-state index in [-0.39, 0.29) is 48.9 Å². The van der Waals surface area contributed by atoms with Crippen LogP contribution in [0.4, 0.5) is 0 Å². The second-order valence-electron chi connectivity index (χ2n) is 12.4. The van der Waals surface area contributed by atoms with Crippen molar-refractivity contribution in [1.82, 2.24) is 14.8 Å². The Morgan fingerprint density at radius 1 is 1.17 bits per heavy atom. The Labute approximate surface area is 254 Å². The zero-order valence-corrected chi connectivity index (χ0v) is 25.6. The first-order valence-electron chi connectivity index (χ1n) is 14.9. The molecule has 2 saturated heterocycles. The number of aromatic nitrogens is 1. The van der Waals surface area contributed by atoms with Gasteiger partial charge in [-0.3, -0.25) is 24.3 Å². The molecule has 4 rings (SSSR count). The number of ketones is 1. The smallest absolute Gasteiger partial charge is 0.306 e. The third kappa shape index (κ3) is 8.62. The van der Waals surface area contributed by atoms with Crippen LogP contribution in [0.15, 0.2) is 48.7 Å². The molecule has 1 amide bonds. The molecule has 0 spiro atoms. The number of rotatable bonds is 11. The number of hydrogen-bond donors (Lipinski definition) is 0. The Kier molecular flexibility index (Phi) is 10.7. The van der Waals surface area contributed by atoms with Gasteiger partial charge >= 0.3 is 5.97 Å². The lowest BCUT2D eigenvalue weighted by molar-refractivity contribution is -0.156. The predicted molar refractivity (Wildman–Crippen MR) is 161 cm³/mol. The van der Waals surface area contributed by atoms with Crippen molar-refractivity contribution in [2.75, 3.05) is 13.1 Å². The quantitative estimate of drug-likeness (QED) is 0.331. The lowest BCUT2D eigenvalue weighted by atomic mass is 9.98. The molecular weight excluding hydrogens is 552 g/mol. The van der Waals surface area contributed by atoms with Crippen molar-refractivity contribution >= 4 is 29.3 Å². The highest BCUT2D eigenvalue weighted by molar-refractivity contribution is 6.30. The van der Waals surface area contributed by atoms with Crippen LogP contribution in [-0.4, -0.2) is 69.3 Å². The predicted octanol–water partition coefficient (Wildman–Crippen LogP) is 5.17. The van der Waals surface area contributed by atoms with Crippen LogP contribution in [0.1, 0.15) is 70.6 Å². The summed E-state index contributed by atoms with van der Waals surface area (Å²) in [5, 5.41) is 10.2. The summed E-state index contributed by atoms with van der Waals surface area (Å²) in [6.45, 7) is 6.59. The number of nitriles is 1. The minimum absolute atomic E-state index is 0.0194. The molecule has 2 fully saturated rings. The summed E-state index contributed by atoms with van der Waals surface area (Å²) >= 11 is 5.94. The third-order valence-corrected chi connectivity index (χ3v) is 8.32. The van der Waals surface area contributed by atoms with E-state index in [1.54, 1.807) is 23.2 Å². The average Bonchev–Trinajstić information content (AvgIpc) is 3.31. The Hall–Kier alpha value is -3.28. The number of carbonyl (C=O) groups excluding carboxylic acids is 3. The molecule has 2 aromatic rings. The fourth-order valence-corrected chi connectivity index (χ4v) is 6.29. The number of pyridine rings is 1. The highest BCUT2D eigenvalue weighted by atomic mass is 35.5. The summed E-state index contributed by atoms with van der Waals surface area (Å²) in [6.07, 6.45) is 5.28. The van der Waals surface area contributed by atoms with Crippen molar-refractivity contribution in [3.05, 3.63) is 64.9 Å². The average molecular weight is 593 g/mol. The number of amides is 1. The minimum Gasteiger partial charge on any atom is -0.460 e. The van der Waals surface area contributed by atoms with Crippen LogP contribution in [0.25, 0.3) is 0 Å². The number of carbonyl (C=O) groups is 3. The van der Waals surface area contributed by atoms with Gasteiger partial charge in [0.2, 0.25) is 5.91 Å². The summed E-state index contributed by atoms with van der Waals surface area (Å²) in [4.78, 5) is 48.5. The van der Waals surface area contributed by atoms with Gasteiger partial charge in [0, 0.05) is 43.9 Å². The number of aryl methyl sites for hydroxylation is 2. The molecule has 0 N–H and O–H groups in total. The highest BCUT2D eigenvalue weighted by Gasteiger charge is 2.46. The Morgan fingerprint density at radius 3 is 2.60 bits per heavy atom. The maximum Gasteiger partial charge on any atom is 0.306 e. The number of ether oxygens (including phenoxy) is 1. The number of benzene rings is 1. The van der Waals surface area contributed by atoms with Crippen LogP contribution in [0.2, 0.25) is 5.02 Å². The summed E-state index contributed by atoms with van der Waals surface area (Å²) in [7, 11) is 0. The highest BCUT2D eigenvalue weighted by Crippen LogP contribution is 2.35. The van der Waals surface area contributed by atoms with Crippen LogP contribution >= 0.6 is 11.6 Å². The molecule has 1 aromatic carbocycles. The first-order valence-corrected chi connectivity index (χ1v) is 15.2. The van der Waals surface area contributed by atoms with Crippen molar-refractivity contribution < 1.29 is 19.1 Å². The van der Waals surface area contributed by atoms with E-state index in [1.807, 2.05) is 39.0 Å². The molecule has 9 heteroatoms. The van der Waals surface area contributed by atoms with Crippen molar-refractivity contribution in [2.45, 2.75) is 95.9 Å². The fraction of sp³-hybridized carbons (Fsp3) is 0.545. The second kappa shape index (κ2) is 14.3. The van der Waals surface area contributed by atoms with Crippen molar-refractivity contribution in [1.29, 1.82) is 5.26 Å². The number of Topliss-reactive ketones (excluding diaryl/α,β-unsaturated/α-hetero) is 1. The molecule has 2 aliphatic rings. The molecule has 0 bridgehead atoms. The molecule has 1 aromatic heterocycles. The maximum atomic E-state index is 14.1. The van der Waals surface area contributed by atoms with E-state index in [0.29, 0.717) is 37.4 Å². The zero-order chi connectivity index (χ0) is 30.3. The summed E-state index contributed by atoms with van der Waals surface area (Å²) in [6, 6.07) is 14.8. The molecule has 42 heavy (non-hydrogen) atoms. The Balaban J connectivity index is 1.52. The van der Waals surface area contributed by atoms with Gasteiger partial charge in [0.15, 0.2) is 5.78 Å². The van der Waals surface area contributed by atoms with Gasteiger partial charge in [0.05, 0.1) is 23.6 Å². The number of hydrogen-bond acceptors (Lipinski definition) is 7. The normalized spacial score (nSPS) is 21.7. The topological polar surface area (TPSA) is 104 Å². The van der Waals surface area contributed by atoms with Crippen molar-refractivity contribution in [3.63, 3.8) is 0 Å². The van der Waals surface area contributed by atoms with E-state index in [1.165, 1.54) is 5.56 Å². The lowest BCUT2D eigenvalue weighted by Crippen LogP contribution is -2.50. The lowest BCUT2D eigenvalue weighted by Gasteiger charge is -2.31. The third-order valence-electron chi connectivity index (χ3n) is 8.10. The monoisotopic (exact) mass is 592 g/mol. The zero-order valence-electron chi connectivity index (χ0n) is 24.8. The first-order chi connectivity index (χ1) is 20.0. The summed E-state index contributed by atoms with van der Waals surface area (Å²) < 4.78 is 5.58. The SMILES string of the molecule is CC(C)(C)OC(=O)C[C@@H]1C[C@H]2C(=O)N([C@H](CC#N)C(=O)CCc3ccc(Cl)cn3)CCC(CCc3ccccc3)N2C1. The van der Waals surface area contributed by atoms with Crippen LogP contribution in [0.3, 0.4) is 0 Å². The molecule has 0 aliphatic carbocycles. The van der Waals surface area contributed by atoms with Crippen LogP contribution in [0.5, 0.6) is 0 Å². The van der Waals surface area contributed by atoms with E-state index < -0.39 is 17.7 Å². The second-order valence-corrected chi connectivity index (χ2v) is 12.9. The van der Waals surface area contributed by atoms with Gasteiger partial charge in [-0.15, -0.1) is 0 Å². The maximum absolute atomic E-state index is 14.1. The first kappa shape index (κ1) is 31.7. The van der Waals surface area contributed by atoms with Gasteiger partial charge in [-0.1, -0.05) is 41.9 Å². The summed E-state index contributed by atoms with van der Waals surface area (Å²) in [5.41, 5.74) is 1.40. The van der Waals surface area contributed by atoms with Crippen LogP contribution in [0, 0.1) is 17.2 Å². The van der Waals surface area contributed by atoms with Crippen molar-refractivity contribution in [2.24, 2.45) is 5.92 Å². The van der Waals surface area contributed by atoms with Crippen LogP contribution < -0.4 is 0 Å². The Bertz CT molecular complexity index is 1270. The fourth-order valence-electron chi connectivity index (χ4n) is 6.17. The van der Waals surface area contributed by atoms with Crippen molar-refractivity contribution in [3.8, 4) is 6.07 Å². The molecular formula is C33H41ClN4O4. The van der Waals surface area contributed by atoms with Gasteiger partial charge < -0.3 is 9.64 Å². The van der Waals surface area contributed by atoms with E-state index in [4.69, 9.17) is 16.3 Å². The molecule has 8 nitrogen and oxygen atoms in total. The van der Waals surface area contributed by atoms with Gasteiger partial charge in [-0.25, -0.2) is 0 Å². The molecule has 224 valence electrons. The molecule has 0 saturated carbocycles. The Morgan fingerprint density at radius 2 is 1.93 bits per heavy atom. The van der Waals surface area contributed by atoms with Gasteiger partial charge in [0.1, 0.15) is 11.6 Å². The molecule has 4 atom stereocenters. The van der Waals surface area contributed by atoms with E-state index in [0.717, 1.165) is 18.5 Å². The van der Waals surface area contributed by atoms with E-state index in [2.05, 4.69) is 28.1 Å². The van der Waals surface area contributed by atoms with E-state index >= 15 is 0 Å².